The predicted molar refractivity (Wildman–Crippen MR) is 66.5 cm³/mol. The lowest BCUT2D eigenvalue weighted by atomic mass is 10.0. The van der Waals surface area contributed by atoms with E-state index in [4.69, 9.17) is 0 Å². The van der Waals surface area contributed by atoms with E-state index in [-0.39, 0.29) is 0 Å². The van der Waals surface area contributed by atoms with Gasteiger partial charge < -0.3 is 5.11 Å². The molecule has 0 saturated heterocycles. The molecule has 0 aliphatic carbocycles. The molecular formula is C13H24N2O. The zero-order valence-corrected chi connectivity index (χ0v) is 11.0. The number of unbranched alkanes of at least 4 members (excludes halogenated alkanes) is 1. The highest BCUT2D eigenvalue weighted by Gasteiger charge is 2.18. The van der Waals surface area contributed by atoms with Crippen molar-refractivity contribution in [3.05, 3.63) is 17.0 Å². The Morgan fingerprint density at radius 2 is 1.94 bits per heavy atom. The van der Waals surface area contributed by atoms with Crippen LogP contribution in [0.15, 0.2) is 0 Å². The molecular weight excluding hydrogens is 200 g/mol. The van der Waals surface area contributed by atoms with Crippen molar-refractivity contribution in [3.63, 3.8) is 0 Å². The van der Waals surface area contributed by atoms with Crippen molar-refractivity contribution in [2.45, 2.75) is 66.0 Å². The Kier molecular flexibility index (Phi) is 5.00. The van der Waals surface area contributed by atoms with Crippen LogP contribution in [0.1, 0.15) is 63.6 Å². The second-order valence-corrected chi connectivity index (χ2v) is 4.27. The fraction of sp³-hybridized carbons (Fsp3) is 0.769. The summed E-state index contributed by atoms with van der Waals surface area (Å²) in [6.45, 7) is 9.22. The van der Waals surface area contributed by atoms with Crippen LogP contribution in [-0.4, -0.2) is 14.9 Å². The van der Waals surface area contributed by atoms with Gasteiger partial charge in [-0.3, -0.25) is 4.68 Å². The van der Waals surface area contributed by atoms with Gasteiger partial charge in [0.05, 0.1) is 11.8 Å². The van der Waals surface area contributed by atoms with Gasteiger partial charge in [-0.05, 0) is 26.2 Å². The maximum Gasteiger partial charge on any atom is 0.0798 e. The molecule has 3 nitrogen and oxygen atoms in total. The number of rotatable bonds is 6. The van der Waals surface area contributed by atoms with Gasteiger partial charge in [0, 0.05) is 17.8 Å². The summed E-state index contributed by atoms with van der Waals surface area (Å²) in [6.07, 6.45) is 3.76. The van der Waals surface area contributed by atoms with Crippen LogP contribution in [0.4, 0.5) is 0 Å². The molecule has 0 aliphatic rings. The molecule has 0 fully saturated rings. The van der Waals surface area contributed by atoms with E-state index < -0.39 is 6.10 Å². The molecule has 3 heteroatoms. The highest BCUT2D eigenvalue weighted by Crippen LogP contribution is 2.23. The van der Waals surface area contributed by atoms with Gasteiger partial charge in [-0.25, -0.2) is 0 Å². The van der Waals surface area contributed by atoms with Gasteiger partial charge in [-0.15, -0.1) is 0 Å². The van der Waals surface area contributed by atoms with Crippen molar-refractivity contribution in [1.29, 1.82) is 0 Å². The van der Waals surface area contributed by atoms with Gasteiger partial charge in [0.15, 0.2) is 0 Å². The fourth-order valence-electron chi connectivity index (χ4n) is 2.17. The first-order chi connectivity index (χ1) is 7.65. The summed E-state index contributed by atoms with van der Waals surface area (Å²) >= 11 is 0. The summed E-state index contributed by atoms with van der Waals surface area (Å²) in [4.78, 5) is 0. The Morgan fingerprint density at radius 3 is 2.38 bits per heavy atom. The number of aliphatic hydroxyl groups is 1. The standard InChI is InChI=1S/C13H24N2O/c1-5-8-9-15-12(7-3)13(10(4)16)11(6-2)14-15/h10,16H,5-9H2,1-4H3. The Bertz CT molecular complexity index is 329. The Hall–Kier alpha value is -0.830. The smallest absolute Gasteiger partial charge is 0.0798 e. The number of aromatic nitrogens is 2. The van der Waals surface area contributed by atoms with Gasteiger partial charge in [-0.1, -0.05) is 27.2 Å². The molecule has 1 heterocycles. The maximum atomic E-state index is 9.83. The summed E-state index contributed by atoms with van der Waals surface area (Å²) in [5.74, 6) is 0. The van der Waals surface area contributed by atoms with Gasteiger partial charge in [-0.2, -0.15) is 5.10 Å². The lowest BCUT2D eigenvalue weighted by Gasteiger charge is -2.09. The van der Waals surface area contributed by atoms with E-state index in [1.807, 2.05) is 6.92 Å². The lowest BCUT2D eigenvalue weighted by molar-refractivity contribution is 0.197. The summed E-state index contributed by atoms with van der Waals surface area (Å²) < 4.78 is 2.09. The van der Waals surface area contributed by atoms with E-state index in [1.54, 1.807) is 0 Å². The zero-order valence-electron chi connectivity index (χ0n) is 11.0. The molecule has 0 radical (unpaired) electrons. The first kappa shape index (κ1) is 13.2. The second-order valence-electron chi connectivity index (χ2n) is 4.27. The van der Waals surface area contributed by atoms with Crippen molar-refractivity contribution in [3.8, 4) is 0 Å². The molecule has 0 saturated carbocycles. The second kappa shape index (κ2) is 6.04. The minimum Gasteiger partial charge on any atom is -0.389 e. The van der Waals surface area contributed by atoms with E-state index in [1.165, 1.54) is 12.1 Å². The molecule has 1 rings (SSSR count). The molecule has 0 bridgehead atoms. The van der Waals surface area contributed by atoms with E-state index in [9.17, 15) is 5.11 Å². The van der Waals surface area contributed by atoms with Crippen LogP contribution in [0.3, 0.4) is 0 Å². The summed E-state index contributed by atoms with van der Waals surface area (Å²) in [7, 11) is 0. The van der Waals surface area contributed by atoms with Gasteiger partial charge in [0.2, 0.25) is 0 Å². The normalized spacial score (nSPS) is 13.1. The third kappa shape index (κ3) is 2.64. The highest BCUT2D eigenvalue weighted by molar-refractivity contribution is 5.28. The Morgan fingerprint density at radius 1 is 1.25 bits per heavy atom. The van der Waals surface area contributed by atoms with Crippen LogP contribution >= 0.6 is 0 Å². The first-order valence-corrected chi connectivity index (χ1v) is 6.42. The summed E-state index contributed by atoms with van der Waals surface area (Å²) in [5.41, 5.74) is 3.32. The molecule has 0 amide bonds. The van der Waals surface area contributed by atoms with Crippen molar-refractivity contribution in [1.82, 2.24) is 9.78 Å². The number of aliphatic hydroxyl groups excluding tert-OH is 1. The van der Waals surface area contributed by atoms with E-state index in [2.05, 4.69) is 30.6 Å². The molecule has 0 spiro atoms. The van der Waals surface area contributed by atoms with Crippen LogP contribution in [0.25, 0.3) is 0 Å². The van der Waals surface area contributed by atoms with Crippen LogP contribution in [-0.2, 0) is 19.4 Å². The number of aryl methyl sites for hydroxylation is 2. The van der Waals surface area contributed by atoms with Gasteiger partial charge >= 0.3 is 0 Å². The van der Waals surface area contributed by atoms with Gasteiger partial charge in [0.1, 0.15) is 0 Å². The van der Waals surface area contributed by atoms with Gasteiger partial charge in [0.25, 0.3) is 0 Å². The van der Waals surface area contributed by atoms with Crippen molar-refractivity contribution in [2.24, 2.45) is 0 Å². The van der Waals surface area contributed by atoms with Crippen molar-refractivity contribution >= 4 is 0 Å². The average molecular weight is 224 g/mol. The molecule has 1 atom stereocenters. The lowest BCUT2D eigenvalue weighted by Crippen LogP contribution is -2.06. The Labute approximate surface area is 98.5 Å². The summed E-state index contributed by atoms with van der Waals surface area (Å²) in [5, 5.41) is 14.4. The molecule has 1 aromatic rings. The fourth-order valence-corrected chi connectivity index (χ4v) is 2.17. The monoisotopic (exact) mass is 224 g/mol. The topological polar surface area (TPSA) is 38.0 Å². The van der Waals surface area contributed by atoms with Crippen molar-refractivity contribution in [2.75, 3.05) is 0 Å². The molecule has 1 N–H and O–H groups in total. The third-order valence-electron chi connectivity index (χ3n) is 2.99. The molecule has 92 valence electrons. The van der Waals surface area contributed by atoms with E-state index in [0.717, 1.165) is 37.1 Å². The molecule has 0 aliphatic heterocycles. The Balaban J connectivity index is 3.08. The van der Waals surface area contributed by atoms with Crippen molar-refractivity contribution < 1.29 is 5.11 Å². The highest BCUT2D eigenvalue weighted by atomic mass is 16.3. The quantitative estimate of drug-likeness (QED) is 0.807. The summed E-state index contributed by atoms with van der Waals surface area (Å²) in [6, 6.07) is 0. The van der Waals surface area contributed by atoms with Crippen LogP contribution in [0, 0.1) is 0 Å². The number of hydrogen-bond acceptors (Lipinski definition) is 2. The SMILES string of the molecule is CCCCn1nc(CC)c(C(C)O)c1CC. The molecule has 1 aromatic heterocycles. The first-order valence-electron chi connectivity index (χ1n) is 6.42. The maximum absolute atomic E-state index is 9.83. The van der Waals surface area contributed by atoms with Crippen LogP contribution < -0.4 is 0 Å². The van der Waals surface area contributed by atoms with E-state index >= 15 is 0 Å². The zero-order chi connectivity index (χ0) is 12.1. The molecule has 16 heavy (non-hydrogen) atoms. The average Bonchev–Trinajstić information content (AvgIpc) is 2.63. The number of nitrogens with zero attached hydrogens (tertiary/aromatic N) is 2. The van der Waals surface area contributed by atoms with E-state index in [0.29, 0.717) is 0 Å². The largest absolute Gasteiger partial charge is 0.389 e. The minimum absolute atomic E-state index is 0.403. The molecule has 0 aromatic carbocycles. The van der Waals surface area contributed by atoms with Crippen LogP contribution in [0.5, 0.6) is 0 Å². The third-order valence-corrected chi connectivity index (χ3v) is 2.99. The molecule has 1 unspecified atom stereocenters. The predicted octanol–water partition coefficient (Wildman–Crippen LogP) is 2.86. The van der Waals surface area contributed by atoms with Crippen LogP contribution in [0.2, 0.25) is 0 Å². The number of hydrogen-bond donors (Lipinski definition) is 1. The minimum atomic E-state index is -0.403.